The Hall–Kier alpha value is -1.88. The lowest BCUT2D eigenvalue weighted by Gasteiger charge is -2.20. The van der Waals surface area contributed by atoms with Gasteiger partial charge in [-0.25, -0.2) is 0 Å². The van der Waals surface area contributed by atoms with E-state index in [1.54, 1.807) is 6.07 Å². The smallest absolute Gasteiger partial charge is 0.251 e. The lowest BCUT2D eigenvalue weighted by molar-refractivity contribution is -0.120. The second-order valence-corrected chi connectivity index (χ2v) is 5.51. The molecule has 0 radical (unpaired) electrons. The molecule has 5 heteroatoms. The highest BCUT2D eigenvalue weighted by molar-refractivity contribution is 5.97. The van der Waals surface area contributed by atoms with Gasteiger partial charge in [0.05, 0.1) is 0 Å². The number of primary amides is 1. The molecule has 1 atom stereocenters. The number of rotatable bonds is 4. The van der Waals surface area contributed by atoms with E-state index in [2.05, 4.69) is 10.6 Å². The summed E-state index contributed by atoms with van der Waals surface area (Å²) in [7, 11) is 0. The molecule has 1 aromatic rings. The maximum absolute atomic E-state index is 12.2. The van der Waals surface area contributed by atoms with Gasteiger partial charge in [0.1, 0.15) is 6.04 Å². The Morgan fingerprint density at radius 3 is 2.70 bits per heavy atom. The zero-order valence-corrected chi connectivity index (χ0v) is 11.9. The topological polar surface area (TPSA) is 84.2 Å². The molecule has 1 aromatic carbocycles. The Bertz CT molecular complexity index is 526. The molecule has 20 heavy (non-hydrogen) atoms. The summed E-state index contributed by atoms with van der Waals surface area (Å²) in [6.45, 7) is 5.45. The number of benzene rings is 1. The lowest BCUT2D eigenvalue weighted by atomic mass is 9.97. The van der Waals surface area contributed by atoms with Crippen LogP contribution in [0.25, 0.3) is 0 Å². The van der Waals surface area contributed by atoms with Crippen molar-refractivity contribution in [1.82, 2.24) is 10.6 Å². The Kier molecular flexibility index (Phi) is 4.39. The Morgan fingerprint density at radius 1 is 1.30 bits per heavy atom. The number of nitrogens with two attached hydrogens (primary N) is 1. The molecule has 1 unspecified atom stereocenters. The van der Waals surface area contributed by atoms with Gasteiger partial charge in [0.15, 0.2) is 0 Å². The zero-order chi connectivity index (χ0) is 14.7. The second kappa shape index (κ2) is 6.05. The standard InChI is InChI=1S/C15H21N3O2/c1-9(2)13(14(16)19)18-15(20)11-4-3-10-5-6-17-8-12(10)7-11/h3-4,7,9,13,17H,5-6,8H2,1-2H3,(H2,16,19)(H,18,20). The van der Waals surface area contributed by atoms with Gasteiger partial charge in [0.25, 0.3) is 5.91 Å². The molecule has 1 aliphatic rings. The third-order valence-electron chi connectivity index (χ3n) is 3.61. The largest absolute Gasteiger partial charge is 0.368 e. The number of carbonyl (C=O) groups is 2. The highest BCUT2D eigenvalue weighted by Crippen LogP contribution is 2.16. The van der Waals surface area contributed by atoms with Gasteiger partial charge in [-0.2, -0.15) is 0 Å². The number of nitrogens with one attached hydrogen (secondary N) is 2. The van der Waals surface area contributed by atoms with Gasteiger partial charge < -0.3 is 16.4 Å². The molecule has 0 aromatic heterocycles. The molecule has 0 spiro atoms. The third kappa shape index (κ3) is 3.17. The van der Waals surface area contributed by atoms with Crippen molar-refractivity contribution in [1.29, 1.82) is 0 Å². The van der Waals surface area contributed by atoms with Crippen LogP contribution in [-0.2, 0) is 17.8 Å². The van der Waals surface area contributed by atoms with Crippen molar-refractivity contribution in [3.63, 3.8) is 0 Å². The van der Waals surface area contributed by atoms with Crippen molar-refractivity contribution in [3.05, 3.63) is 34.9 Å². The molecule has 0 saturated heterocycles. The fraction of sp³-hybridized carbons (Fsp3) is 0.467. The average molecular weight is 275 g/mol. The van der Waals surface area contributed by atoms with Crippen LogP contribution in [0.4, 0.5) is 0 Å². The van der Waals surface area contributed by atoms with Crippen molar-refractivity contribution in [2.75, 3.05) is 6.54 Å². The van der Waals surface area contributed by atoms with Crippen molar-refractivity contribution >= 4 is 11.8 Å². The highest BCUT2D eigenvalue weighted by atomic mass is 16.2. The maximum Gasteiger partial charge on any atom is 0.251 e. The predicted octanol–water partition coefficient (Wildman–Crippen LogP) is 0.572. The summed E-state index contributed by atoms with van der Waals surface area (Å²) < 4.78 is 0. The molecule has 108 valence electrons. The predicted molar refractivity (Wildman–Crippen MR) is 77.1 cm³/mol. The van der Waals surface area contributed by atoms with Crippen LogP contribution in [0.5, 0.6) is 0 Å². The van der Waals surface area contributed by atoms with Crippen molar-refractivity contribution in [2.24, 2.45) is 11.7 Å². The fourth-order valence-electron chi connectivity index (χ4n) is 2.41. The number of carbonyl (C=O) groups excluding carboxylic acids is 2. The molecule has 2 amide bonds. The van der Waals surface area contributed by atoms with E-state index < -0.39 is 11.9 Å². The minimum atomic E-state index is -0.642. The lowest BCUT2D eigenvalue weighted by Crippen LogP contribution is -2.47. The molecule has 2 rings (SSSR count). The summed E-state index contributed by atoms with van der Waals surface area (Å²) in [5.74, 6) is -0.792. The molecule has 0 fully saturated rings. The van der Waals surface area contributed by atoms with Crippen molar-refractivity contribution < 1.29 is 9.59 Å². The van der Waals surface area contributed by atoms with Crippen LogP contribution in [0.3, 0.4) is 0 Å². The van der Waals surface area contributed by atoms with E-state index in [0.29, 0.717) is 5.56 Å². The summed E-state index contributed by atoms with van der Waals surface area (Å²) in [4.78, 5) is 23.5. The fourth-order valence-corrected chi connectivity index (χ4v) is 2.41. The van der Waals surface area contributed by atoms with E-state index in [1.807, 2.05) is 26.0 Å². The van der Waals surface area contributed by atoms with Gasteiger partial charge in [-0.15, -0.1) is 0 Å². The van der Waals surface area contributed by atoms with Crippen molar-refractivity contribution in [3.8, 4) is 0 Å². The maximum atomic E-state index is 12.2. The number of hydrogen-bond acceptors (Lipinski definition) is 3. The molecule has 5 nitrogen and oxygen atoms in total. The SMILES string of the molecule is CC(C)C(NC(=O)c1ccc2c(c1)CNCC2)C(N)=O. The minimum Gasteiger partial charge on any atom is -0.368 e. The number of amides is 2. The van der Waals surface area contributed by atoms with Crippen LogP contribution < -0.4 is 16.4 Å². The summed E-state index contributed by atoms with van der Waals surface area (Å²) >= 11 is 0. The van der Waals surface area contributed by atoms with Crippen LogP contribution in [0.2, 0.25) is 0 Å². The quantitative estimate of drug-likeness (QED) is 0.751. The van der Waals surface area contributed by atoms with Crippen molar-refractivity contribution in [2.45, 2.75) is 32.9 Å². The highest BCUT2D eigenvalue weighted by Gasteiger charge is 2.22. The van der Waals surface area contributed by atoms with E-state index in [1.165, 1.54) is 5.56 Å². The van der Waals surface area contributed by atoms with Gasteiger partial charge in [-0.3, -0.25) is 9.59 Å². The first kappa shape index (κ1) is 14.5. The average Bonchev–Trinajstić information content (AvgIpc) is 2.43. The minimum absolute atomic E-state index is 0.0317. The van der Waals surface area contributed by atoms with E-state index in [4.69, 9.17) is 5.73 Å². The normalized spacial score (nSPS) is 15.6. The summed E-state index contributed by atoms with van der Waals surface area (Å²) in [5, 5.41) is 5.98. The first-order valence-corrected chi connectivity index (χ1v) is 6.91. The number of hydrogen-bond donors (Lipinski definition) is 3. The first-order valence-electron chi connectivity index (χ1n) is 6.91. The third-order valence-corrected chi connectivity index (χ3v) is 3.61. The molecule has 0 bridgehead atoms. The van der Waals surface area contributed by atoms with Crippen LogP contribution in [0, 0.1) is 5.92 Å². The Labute approximate surface area is 118 Å². The Morgan fingerprint density at radius 2 is 2.05 bits per heavy atom. The summed E-state index contributed by atoms with van der Waals surface area (Å²) in [5.41, 5.74) is 8.30. The van der Waals surface area contributed by atoms with Crippen LogP contribution in [0.15, 0.2) is 18.2 Å². The molecule has 0 aliphatic carbocycles. The van der Waals surface area contributed by atoms with E-state index >= 15 is 0 Å². The summed E-state index contributed by atoms with van der Waals surface area (Å²) in [6.07, 6.45) is 0.979. The van der Waals surface area contributed by atoms with E-state index in [0.717, 1.165) is 25.1 Å². The van der Waals surface area contributed by atoms with Gasteiger partial charge in [-0.05, 0) is 42.1 Å². The second-order valence-electron chi connectivity index (χ2n) is 5.51. The molecule has 1 heterocycles. The summed E-state index contributed by atoms with van der Waals surface area (Å²) in [6, 6.07) is 5.03. The van der Waals surface area contributed by atoms with Gasteiger partial charge >= 0.3 is 0 Å². The van der Waals surface area contributed by atoms with E-state index in [9.17, 15) is 9.59 Å². The molecular weight excluding hydrogens is 254 g/mol. The van der Waals surface area contributed by atoms with E-state index in [-0.39, 0.29) is 11.8 Å². The van der Waals surface area contributed by atoms with Crippen LogP contribution in [0.1, 0.15) is 35.3 Å². The monoisotopic (exact) mass is 275 g/mol. The molecule has 1 aliphatic heterocycles. The van der Waals surface area contributed by atoms with Gasteiger partial charge in [-0.1, -0.05) is 19.9 Å². The Balaban J connectivity index is 2.15. The van der Waals surface area contributed by atoms with Crippen LogP contribution in [-0.4, -0.2) is 24.4 Å². The van der Waals surface area contributed by atoms with Crippen LogP contribution >= 0.6 is 0 Å². The van der Waals surface area contributed by atoms with Gasteiger partial charge in [0.2, 0.25) is 5.91 Å². The first-order chi connectivity index (χ1) is 9.49. The molecular formula is C15H21N3O2. The number of fused-ring (bicyclic) bond motifs is 1. The zero-order valence-electron chi connectivity index (χ0n) is 11.9. The van der Waals surface area contributed by atoms with Gasteiger partial charge in [0, 0.05) is 12.1 Å². The molecule has 0 saturated carbocycles. The molecule has 4 N–H and O–H groups in total.